The van der Waals surface area contributed by atoms with E-state index >= 15 is 0 Å². The fourth-order valence-electron chi connectivity index (χ4n) is 3.72. The Morgan fingerprint density at radius 2 is 2.00 bits per heavy atom. The molecule has 1 aromatic rings. The minimum Gasteiger partial charge on any atom is -0.369 e. The largest absolute Gasteiger partial charge is 0.369 e. The predicted molar refractivity (Wildman–Crippen MR) is 97.5 cm³/mol. The highest BCUT2D eigenvalue weighted by molar-refractivity contribution is 5.79. The van der Waals surface area contributed by atoms with Gasteiger partial charge in [-0.25, -0.2) is 0 Å². The molecule has 1 amide bonds. The molecule has 3 N–H and O–H groups in total. The second-order valence-electron chi connectivity index (χ2n) is 7.23. The fourth-order valence-corrected chi connectivity index (χ4v) is 3.72. The van der Waals surface area contributed by atoms with E-state index in [0.29, 0.717) is 38.0 Å². The van der Waals surface area contributed by atoms with Crippen LogP contribution in [0.2, 0.25) is 0 Å². The first kappa shape index (κ1) is 17.7. The van der Waals surface area contributed by atoms with Gasteiger partial charge in [-0.15, -0.1) is 0 Å². The summed E-state index contributed by atoms with van der Waals surface area (Å²) in [4.78, 5) is 37.4. The van der Waals surface area contributed by atoms with Gasteiger partial charge in [-0.3, -0.25) is 14.6 Å². The van der Waals surface area contributed by atoms with Gasteiger partial charge in [0.05, 0.1) is 5.92 Å². The van der Waals surface area contributed by atoms with E-state index in [4.69, 9.17) is 5.73 Å². The zero-order valence-electron chi connectivity index (χ0n) is 15.1. The number of hydrogen-bond donors (Lipinski definition) is 2. The van der Waals surface area contributed by atoms with Gasteiger partial charge in [0.25, 0.3) is 5.56 Å². The molecule has 138 valence electrons. The van der Waals surface area contributed by atoms with Gasteiger partial charge >= 0.3 is 0 Å². The Balaban J connectivity index is 1.58. The van der Waals surface area contributed by atoms with Crippen LogP contribution in [-0.2, 0) is 4.79 Å². The van der Waals surface area contributed by atoms with Gasteiger partial charge < -0.3 is 20.4 Å². The minimum atomic E-state index is -0.253. The Hall–Kier alpha value is -2.09. The number of likely N-dealkylation sites (tertiary alicyclic amines) is 1. The summed E-state index contributed by atoms with van der Waals surface area (Å²) in [6, 6.07) is 1.94. The quantitative estimate of drug-likeness (QED) is 0.805. The number of nitrogen functional groups attached to an aromatic ring is 1. The van der Waals surface area contributed by atoms with Crippen molar-refractivity contribution >= 4 is 17.7 Å². The summed E-state index contributed by atoms with van der Waals surface area (Å²) in [5.74, 6) is 1.08. The lowest BCUT2D eigenvalue weighted by molar-refractivity contribution is -0.137. The van der Waals surface area contributed by atoms with Crippen LogP contribution in [0.4, 0.5) is 11.8 Å². The van der Waals surface area contributed by atoms with Crippen molar-refractivity contribution in [2.75, 3.05) is 49.9 Å². The third kappa shape index (κ3) is 4.12. The molecule has 2 saturated heterocycles. The van der Waals surface area contributed by atoms with Gasteiger partial charge in [0, 0.05) is 44.8 Å². The number of amides is 1. The Kier molecular flexibility index (Phi) is 5.27. The first-order chi connectivity index (χ1) is 11.9. The van der Waals surface area contributed by atoms with Crippen molar-refractivity contribution in [3.63, 3.8) is 0 Å². The molecule has 25 heavy (non-hydrogen) atoms. The van der Waals surface area contributed by atoms with E-state index in [1.54, 1.807) is 0 Å². The van der Waals surface area contributed by atoms with E-state index < -0.39 is 0 Å². The fraction of sp³-hybridized carbons (Fsp3) is 0.706. The molecule has 8 heteroatoms. The second kappa shape index (κ2) is 7.43. The standard InChI is InChI=1S/C17H28N6O2/c1-12(2)23-5-3-4-13(11-23)16(25)22-8-6-21(7-9-22)14-10-15(24)20-17(18)19-14/h10,12-13H,3-9,11H2,1-2H3,(H3,18,19,20,24)/t13-/m0/s1. The van der Waals surface area contributed by atoms with Gasteiger partial charge in [0.1, 0.15) is 5.82 Å². The third-order valence-electron chi connectivity index (χ3n) is 5.19. The van der Waals surface area contributed by atoms with Gasteiger partial charge in [-0.2, -0.15) is 4.98 Å². The summed E-state index contributed by atoms with van der Waals surface area (Å²) in [5, 5.41) is 0. The summed E-state index contributed by atoms with van der Waals surface area (Å²) in [6.45, 7) is 8.98. The zero-order chi connectivity index (χ0) is 18.0. The lowest BCUT2D eigenvalue weighted by Gasteiger charge is -2.40. The molecule has 1 atom stereocenters. The normalized spacial score (nSPS) is 22.4. The van der Waals surface area contributed by atoms with Crippen molar-refractivity contribution in [3.8, 4) is 0 Å². The van der Waals surface area contributed by atoms with Crippen LogP contribution >= 0.6 is 0 Å². The van der Waals surface area contributed by atoms with Gasteiger partial charge in [0.2, 0.25) is 11.9 Å². The van der Waals surface area contributed by atoms with Crippen LogP contribution in [0.5, 0.6) is 0 Å². The van der Waals surface area contributed by atoms with E-state index in [1.807, 2.05) is 9.80 Å². The molecule has 0 aromatic carbocycles. The molecule has 3 heterocycles. The first-order valence-electron chi connectivity index (χ1n) is 9.08. The number of carbonyl (C=O) groups excluding carboxylic acids is 1. The predicted octanol–water partition coefficient (Wildman–Crippen LogP) is 0.121. The topological polar surface area (TPSA) is 98.6 Å². The minimum absolute atomic E-state index is 0.107. The zero-order valence-corrected chi connectivity index (χ0v) is 15.1. The number of carbonyl (C=O) groups is 1. The number of hydrogen-bond acceptors (Lipinski definition) is 6. The highest BCUT2D eigenvalue weighted by Gasteiger charge is 2.31. The highest BCUT2D eigenvalue weighted by Crippen LogP contribution is 2.22. The van der Waals surface area contributed by atoms with Crippen LogP contribution in [0.3, 0.4) is 0 Å². The molecular formula is C17H28N6O2. The summed E-state index contributed by atoms with van der Waals surface area (Å²) in [5.41, 5.74) is 5.36. The molecule has 0 saturated carbocycles. The van der Waals surface area contributed by atoms with Crippen molar-refractivity contribution in [1.82, 2.24) is 19.8 Å². The Morgan fingerprint density at radius 3 is 2.64 bits per heavy atom. The van der Waals surface area contributed by atoms with E-state index in [2.05, 4.69) is 28.7 Å². The molecule has 2 aliphatic heterocycles. The molecule has 0 radical (unpaired) electrons. The number of rotatable bonds is 3. The lowest BCUT2D eigenvalue weighted by Crippen LogP contribution is -2.53. The SMILES string of the molecule is CC(C)N1CCC[C@H](C(=O)N2CCN(c3cc(=O)[nH]c(N)n3)CC2)C1. The first-order valence-corrected chi connectivity index (χ1v) is 9.08. The van der Waals surface area contributed by atoms with Crippen LogP contribution in [-0.4, -0.2) is 71.0 Å². The number of piperidine rings is 1. The van der Waals surface area contributed by atoms with E-state index in [0.717, 1.165) is 25.9 Å². The summed E-state index contributed by atoms with van der Waals surface area (Å²) < 4.78 is 0. The van der Waals surface area contributed by atoms with E-state index in [1.165, 1.54) is 6.07 Å². The van der Waals surface area contributed by atoms with Gasteiger partial charge in [-0.1, -0.05) is 0 Å². The number of aromatic amines is 1. The maximum absolute atomic E-state index is 12.9. The molecule has 0 unspecified atom stereocenters. The van der Waals surface area contributed by atoms with Crippen molar-refractivity contribution in [1.29, 1.82) is 0 Å². The third-order valence-corrected chi connectivity index (χ3v) is 5.19. The average Bonchev–Trinajstić information content (AvgIpc) is 2.60. The number of H-pyrrole nitrogens is 1. The Morgan fingerprint density at radius 1 is 1.28 bits per heavy atom. The van der Waals surface area contributed by atoms with Gasteiger partial charge in [-0.05, 0) is 33.2 Å². The maximum atomic E-state index is 12.9. The summed E-state index contributed by atoms with van der Waals surface area (Å²) >= 11 is 0. The van der Waals surface area contributed by atoms with E-state index in [-0.39, 0.29) is 23.3 Å². The highest BCUT2D eigenvalue weighted by atomic mass is 16.2. The number of anilines is 2. The molecular weight excluding hydrogens is 320 g/mol. The molecule has 3 rings (SSSR count). The number of aromatic nitrogens is 2. The van der Waals surface area contributed by atoms with Crippen molar-refractivity contribution in [2.24, 2.45) is 5.92 Å². The van der Waals surface area contributed by atoms with Crippen LogP contribution in [0, 0.1) is 5.92 Å². The molecule has 0 spiro atoms. The van der Waals surface area contributed by atoms with Crippen LogP contribution in [0.1, 0.15) is 26.7 Å². The Bertz CT molecular complexity index is 665. The van der Waals surface area contributed by atoms with Crippen molar-refractivity contribution < 1.29 is 4.79 Å². The molecule has 1 aromatic heterocycles. The number of nitrogens with zero attached hydrogens (tertiary/aromatic N) is 4. The molecule has 0 aliphatic carbocycles. The van der Waals surface area contributed by atoms with Crippen LogP contribution in [0.15, 0.2) is 10.9 Å². The smallest absolute Gasteiger partial charge is 0.254 e. The van der Waals surface area contributed by atoms with Gasteiger partial charge in [0.15, 0.2) is 0 Å². The van der Waals surface area contributed by atoms with Crippen molar-refractivity contribution in [3.05, 3.63) is 16.4 Å². The number of piperazine rings is 1. The Labute approximate surface area is 148 Å². The maximum Gasteiger partial charge on any atom is 0.254 e. The number of nitrogens with two attached hydrogens (primary N) is 1. The lowest BCUT2D eigenvalue weighted by atomic mass is 9.95. The second-order valence-corrected chi connectivity index (χ2v) is 7.23. The molecule has 8 nitrogen and oxygen atoms in total. The van der Waals surface area contributed by atoms with Crippen molar-refractivity contribution in [2.45, 2.75) is 32.7 Å². The molecule has 0 bridgehead atoms. The average molecular weight is 348 g/mol. The van der Waals surface area contributed by atoms with E-state index in [9.17, 15) is 9.59 Å². The van der Waals surface area contributed by atoms with Crippen LogP contribution in [0.25, 0.3) is 0 Å². The number of nitrogens with one attached hydrogen (secondary N) is 1. The summed E-state index contributed by atoms with van der Waals surface area (Å²) in [6.07, 6.45) is 2.07. The molecule has 2 fully saturated rings. The van der Waals surface area contributed by atoms with Crippen LogP contribution < -0.4 is 16.2 Å². The molecule has 2 aliphatic rings. The summed E-state index contributed by atoms with van der Waals surface area (Å²) in [7, 11) is 0. The monoisotopic (exact) mass is 348 g/mol.